The third kappa shape index (κ3) is 2.13. The van der Waals surface area contributed by atoms with Crippen LogP contribution in [0.2, 0.25) is 0 Å². The largest absolute Gasteiger partial charge is 0.496 e. The number of ether oxygens (including phenoxy) is 1. The molecule has 21 heavy (non-hydrogen) atoms. The summed E-state index contributed by atoms with van der Waals surface area (Å²) in [4.78, 5) is 0.199. The molecule has 0 saturated heterocycles. The van der Waals surface area contributed by atoms with Crippen LogP contribution < -0.4 is 4.74 Å². The molecule has 1 N–H and O–H groups in total. The molecule has 0 aliphatic carbocycles. The summed E-state index contributed by atoms with van der Waals surface area (Å²) >= 11 is 0. The third-order valence-corrected chi connectivity index (χ3v) is 5.72. The standard InChI is InChI=1S/C16H16O4S/c1-20-14-8-4-2-6-12(14)16(17)10-11-21(18,19)15-9-5-3-7-13(15)16/h2-9,17H,10-11H2,1H3. The summed E-state index contributed by atoms with van der Waals surface area (Å²) < 4.78 is 29.7. The lowest BCUT2D eigenvalue weighted by atomic mass is 9.83. The molecule has 0 spiro atoms. The Bertz CT molecular complexity index is 782. The van der Waals surface area contributed by atoms with E-state index in [1.165, 1.54) is 7.11 Å². The lowest BCUT2D eigenvalue weighted by Crippen LogP contribution is -2.36. The molecule has 2 aromatic carbocycles. The van der Waals surface area contributed by atoms with Gasteiger partial charge in [-0.3, -0.25) is 0 Å². The van der Waals surface area contributed by atoms with Gasteiger partial charge in [0.1, 0.15) is 11.4 Å². The summed E-state index contributed by atoms with van der Waals surface area (Å²) in [7, 11) is -1.81. The molecular weight excluding hydrogens is 288 g/mol. The number of rotatable bonds is 2. The lowest BCUT2D eigenvalue weighted by Gasteiger charge is -2.35. The van der Waals surface area contributed by atoms with Crippen LogP contribution in [0.3, 0.4) is 0 Å². The van der Waals surface area contributed by atoms with E-state index in [1.54, 1.807) is 36.4 Å². The molecular formula is C16H16O4S. The van der Waals surface area contributed by atoms with E-state index in [-0.39, 0.29) is 17.1 Å². The molecule has 0 amide bonds. The summed E-state index contributed by atoms with van der Waals surface area (Å²) in [6.45, 7) is 0. The average molecular weight is 304 g/mol. The van der Waals surface area contributed by atoms with Gasteiger partial charge in [0.05, 0.1) is 17.8 Å². The minimum atomic E-state index is -3.34. The first-order chi connectivity index (χ1) is 9.99. The van der Waals surface area contributed by atoms with Gasteiger partial charge in [0.15, 0.2) is 9.84 Å². The van der Waals surface area contributed by atoms with E-state index in [4.69, 9.17) is 4.74 Å². The van der Waals surface area contributed by atoms with Gasteiger partial charge in [-0.2, -0.15) is 0 Å². The second-order valence-electron chi connectivity index (χ2n) is 5.13. The van der Waals surface area contributed by atoms with Gasteiger partial charge in [-0.25, -0.2) is 8.42 Å². The Hall–Kier alpha value is -1.85. The highest BCUT2D eigenvalue weighted by molar-refractivity contribution is 7.91. The van der Waals surface area contributed by atoms with Crippen LogP contribution in [-0.2, 0) is 15.4 Å². The zero-order valence-corrected chi connectivity index (χ0v) is 12.4. The molecule has 0 fully saturated rings. The van der Waals surface area contributed by atoms with Gasteiger partial charge in [0, 0.05) is 11.1 Å². The van der Waals surface area contributed by atoms with Crippen molar-refractivity contribution < 1.29 is 18.3 Å². The van der Waals surface area contributed by atoms with E-state index in [0.717, 1.165) is 0 Å². The lowest BCUT2D eigenvalue weighted by molar-refractivity contribution is 0.0690. The molecule has 1 heterocycles. The Morgan fingerprint density at radius 2 is 1.67 bits per heavy atom. The Balaban J connectivity index is 2.28. The molecule has 0 aromatic heterocycles. The molecule has 1 aliphatic heterocycles. The number of benzene rings is 2. The van der Waals surface area contributed by atoms with Crippen LogP contribution in [0, 0.1) is 0 Å². The van der Waals surface area contributed by atoms with Crippen molar-refractivity contribution in [1.82, 2.24) is 0 Å². The normalized spacial score (nSPS) is 23.3. The smallest absolute Gasteiger partial charge is 0.178 e. The van der Waals surface area contributed by atoms with Crippen LogP contribution in [0.5, 0.6) is 5.75 Å². The first kappa shape index (κ1) is 14.1. The third-order valence-electron chi connectivity index (χ3n) is 3.95. The molecule has 4 nitrogen and oxygen atoms in total. The zero-order valence-electron chi connectivity index (χ0n) is 11.6. The molecule has 5 heteroatoms. The quantitative estimate of drug-likeness (QED) is 0.923. The fraction of sp³-hybridized carbons (Fsp3) is 0.250. The van der Waals surface area contributed by atoms with Crippen molar-refractivity contribution in [3.05, 3.63) is 59.7 Å². The van der Waals surface area contributed by atoms with Crippen molar-refractivity contribution in [2.45, 2.75) is 16.9 Å². The first-order valence-electron chi connectivity index (χ1n) is 6.67. The Kier molecular flexibility index (Phi) is 3.26. The van der Waals surface area contributed by atoms with Crippen LogP contribution in [0.4, 0.5) is 0 Å². The number of methoxy groups -OCH3 is 1. The maximum Gasteiger partial charge on any atom is 0.178 e. The van der Waals surface area contributed by atoms with E-state index < -0.39 is 15.4 Å². The molecule has 0 bridgehead atoms. The minimum absolute atomic E-state index is 0.0848. The number of hydrogen-bond acceptors (Lipinski definition) is 4. The second kappa shape index (κ2) is 4.86. The molecule has 1 unspecified atom stereocenters. The summed E-state index contributed by atoms with van der Waals surface area (Å²) in [5.74, 6) is 0.465. The summed E-state index contributed by atoms with van der Waals surface area (Å²) in [5.41, 5.74) is -0.343. The van der Waals surface area contributed by atoms with Gasteiger partial charge >= 0.3 is 0 Å². The monoisotopic (exact) mass is 304 g/mol. The van der Waals surface area contributed by atoms with E-state index >= 15 is 0 Å². The predicted octanol–water partition coefficient (Wildman–Crippen LogP) is 2.11. The summed E-state index contributed by atoms with van der Waals surface area (Å²) in [6.07, 6.45) is 0.118. The van der Waals surface area contributed by atoms with E-state index in [0.29, 0.717) is 16.9 Å². The van der Waals surface area contributed by atoms with Crippen LogP contribution in [-0.4, -0.2) is 26.4 Å². The maximum absolute atomic E-state index is 12.2. The Labute approximate surface area is 123 Å². The fourth-order valence-corrected chi connectivity index (χ4v) is 4.51. The number of para-hydroxylation sites is 1. The highest BCUT2D eigenvalue weighted by atomic mass is 32.2. The number of sulfone groups is 1. The predicted molar refractivity (Wildman–Crippen MR) is 79.1 cm³/mol. The van der Waals surface area contributed by atoms with Gasteiger partial charge in [-0.05, 0) is 18.6 Å². The van der Waals surface area contributed by atoms with Gasteiger partial charge in [0.2, 0.25) is 0 Å². The van der Waals surface area contributed by atoms with Gasteiger partial charge < -0.3 is 9.84 Å². The van der Waals surface area contributed by atoms with Crippen molar-refractivity contribution in [3.63, 3.8) is 0 Å². The maximum atomic E-state index is 12.2. The van der Waals surface area contributed by atoms with Crippen molar-refractivity contribution in [1.29, 1.82) is 0 Å². The van der Waals surface area contributed by atoms with E-state index in [2.05, 4.69) is 0 Å². The molecule has 1 atom stereocenters. The summed E-state index contributed by atoms with van der Waals surface area (Å²) in [6, 6.07) is 13.8. The average Bonchev–Trinajstić information content (AvgIpc) is 2.52. The molecule has 2 aromatic rings. The van der Waals surface area contributed by atoms with Crippen LogP contribution in [0.15, 0.2) is 53.4 Å². The number of hydrogen-bond donors (Lipinski definition) is 1. The zero-order chi connectivity index (χ0) is 15.1. The Morgan fingerprint density at radius 1 is 1.05 bits per heavy atom. The van der Waals surface area contributed by atoms with Crippen molar-refractivity contribution >= 4 is 9.84 Å². The van der Waals surface area contributed by atoms with E-state index in [1.807, 2.05) is 12.1 Å². The minimum Gasteiger partial charge on any atom is -0.496 e. The second-order valence-corrected chi connectivity index (χ2v) is 7.20. The number of aliphatic hydroxyl groups is 1. The van der Waals surface area contributed by atoms with Crippen LogP contribution in [0.1, 0.15) is 17.5 Å². The first-order valence-corrected chi connectivity index (χ1v) is 8.32. The van der Waals surface area contributed by atoms with Gasteiger partial charge in [-0.15, -0.1) is 0 Å². The van der Waals surface area contributed by atoms with Crippen molar-refractivity contribution in [2.24, 2.45) is 0 Å². The Morgan fingerprint density at radius 3 is 2.38 bits per heavy atom. The van der Waals surface area contributed by atoms with Crippen LogP contribution >= 0.6 is 0 Å². The molecule has 3 rings (SSSR count). The molecule has 110 valence electrons. The highest BCUT2D eigenvalue weighted by Gasteiger charge is 2.43. The van der Waals surface area contributed by atoms with Crippen molar-refractivity contribution in [2.75, 3.05) is 12.9 Å². The summed E-state index contributed by atoms with van der Waals surface area (Å²) in [5, 5.41) is 11.2. The highest BCUT2D eigenvalue weighted by Crippen LogP contribution is 2.44. The van der Waals surface area contributed by atoms with Gasteiger partial charge in [0.25, 0.3) is 0 Å². The molecule has 1 aliphatic rings. The molecule has 0 radical (unpaired) electrons. The van der Waals surface area contributed by atoms with Gasteiger partial charge in [-0.1, -0.05) is 36.4 Å². The number of fused-ring (bicyclic) bond motifs is 1. The topological polar surface area (TPSA) is 63.6 Å². The van der Waals surface area contributed by atoms with E-state index in [9.17, 15) is 13.5 Å². The SMILES string of the molecule is COc1ccccc1C1(O)CCS(=O)(=O)c2ccccc21. The molecule has 0 saturated carbocycles. The van der Waals surface area contributed by atoms with Crippen LogP contribution in [0.25, 0.3) is 0 Å². The fourth-order valence-electron chi connectivity index (χ4n) is 2.87. The van der Waals surface area contributed by atoms with Crippen molar-refractivity contribution in [3.8, 4) is 5.75 Å².